The van der Waals surface area contributed by atoms with Crippen LogP contribution in [0.15, 0.2) is 54.9 Å². The van der Waals surface area contributed by atoms with E-state index in [4.69, 9.17) is 11.6 Å². The lowest BCUT2D eigenvalue weighted by Gasteiger charge is -2.37. The van der Waals surface area contributed by atoms with Gasteiger partial charge in [0.25, 0.3) is 0 Å². The van der Waals surface area contributed by atoms with Crippen LogP contribution in [0.25, 0.3) is 11.1 Å². The normalized spacial score (nSPS) is 14.8. The van der Waals surface area contributed by atoms with Crippen LogP contribution in [0.3, 0.4) is 0 Å². The number of halogens is 1. The number of hydrogen-bond donors (Lipinski definition) is 2. The summed E-state index contributed by atoms with van der Waals surface area (Å²) in [7, 11) is 4.28. The van der Waals surface area contributed by atoms with Crippen molar-refractivity contribution in [3.05, 3.63) is 65.4 Å². The number of benzene rings is 2. The molecular weight excluding hydrogens is 410 g/mol. The minimum absolute atomic E-state index is 0.0530. The largest absolute Gasteiger partial charge is 0.370 e. The fourth-order valence-electron chi connectivity index (χ4n) is 4.14. The minimum atomic E-state index is -0.0530. The lowest BCUT2D eigenvalue weighted by atomic mass is 10.0. The summed E-state index contributed by atoms with van der Waals surface area (Å²) in [6.45, 7) is 1.91. The van der Waals surface area contributed by atoms with Crippen molar-refractivity contribution in [2.45, 2.75) is 25.3 Å². The number of hydrogen-bond acceptors (Lipinski definition) is 4. The van der Waals surface area contributed by atoms with E-state index in [0.29, 0.717) is 11.1 Å². The molecule has 0 bridgehead atoms. The number of amides is 1. The number of aromatic amines is 1. The molecule has 0 saturated carbocycles. The quantitative estimate of drug-likeness (QED) is 0.598. The van der Waals surface area contributed by atoms with Gasteiger partial charge < -0.3 is 15.1 Å². The lowest BCUT2D eigenvalue weighted by Crippen LogP contribution is -2.42. The number of nitrogens with one attached hydrogen (secondary N) is 2. The summed E-state index contributed by atoms with van der Waals surface area (Å²) < 4.78 is 0. The number of piperidine rings is 1. The highest BCUT2D eigenvalue weighted by Crippen LogP contribution is 2.34. The highest BCUT2D eigenvalue weighted by Gasteiger charge is 2.23. The van der Waals surface area contributed by atoms with Gasteiger partial charge in [-0.25, -0.2) is 0 Å². The van der Waals surface area contributed by atoms with Gasteiger partial charge in [0.2, 0.25) is 5.91 Å². The molecule has 7 heteroatoms. The van der Waals surface area contributed by atoms with Crippen molar-refractivity contribution in [3.8, 4) is 11.1 Å². The lowest BCUT2D eigenvalue weighted by molar-refractivity contribution is -0.115. The Kier molecular flexibility index (Phi) is 6.59. The fraction of sp³-hybridized carbons (Fsp3) is 0.333. The zero-order chi connectivity index (χ0) is 21.8. The van der Waals surface area contributed by atoms with Gasteiger partial charge >= 0.3 is 0 Å². The van der Waals surface area contributed by atoms with Crippen molar-refractivity contribution >= 4 is 28.9 Å². The van der Waals surface area contributed by atoms with Crippen molar-refractivity contribution in [2.75, 3.05) is 37.4 Å². The number of rotatable bonds is 6. The third-order valence-corrected chi connectivity index (χ3v) is 6.13. The van der Waals surface area contributed by atoms with Gasteiger partial charge in [0.05, 0.1) is 24.0 Å². The second-order valence-corrected chi connectivity index (χ2v) is 8.69. The molecule has 6 nitrogen and oxygen atoms in total. The molecule has 31 heavy (non-hydrogen) atoms. The van der Waals surface area contributed by atoms with Gasteiger partial charge in [0.15, 0.2) is 0 Å². The Morgan fingerprint density at radius 1 is 1.19 bits per heavy atom. The molecule has 1 amide bonds. The molecule has 162 valence electrons. The minimum Gasteiger partial charge on any atom is -0.370 e. The maximum absolute atomic E-state index is 12.8. The maximum atomic E-state index is 12.8. The van der Waals surface area contributed by atoms with Crippen LogP contribution < -0.4 is 10.2 Å². The van der Waals surface area contributed by atoms with Crippen LogP contribution >= 0.6 is 11.6 Å². The Balaban J connectivity index is 1.56. The number of carbonyl (C=O) groups is 1. The third kappa shape index (κ3) is 5.27. The molecule has 1 fully saturated rings. The molecule has 4 rings (SSSR count). The Morgan fingerprint density at radius 3 is 2.68 bits per heavy atom. The predicted octanol–water partition coefficient (Wildman–Crippen LogP) is 4.44. The number of anilines is 2. The zero-order valence-corrected chi connectivity index (χ0v) is 18.7. The van der Waals surface area contributed by atoms with Crippen LogP contribution in [0, 0.1) is 0 Å². The van der Waals surface area contributed by atoms with Crippen molar-refractivity contribution in [1.29, 1.82) is 0 Å². The summed E-state index contributed by atoms with van der Waals surface area (Å²) in [5.41, 5.74) is 4.89. The average Bonchev–Trinajstić information content (AvgIpc) is 3.29. The molecule has 1 aliphatic rings. The van der Waals surface area contributed by atoms with Crippen molar-refractivity contribution in [1.82, 2.24) is 15.1 Å². The van der Waals surface area contributed by atoms with Gasteiger partial charge in [-0.1, -0.05) is 29.8 Å². The van der Waals surface area contributed by atoms with Crippen LogP contribution in [-0.4, -0.2) is 54.2 Å². The molecule has 0 radical (unpaired) electrons. The molecule has 2 aromatic carbocycles. The monoisotopic (exact) mass is 437 g/mol. The highest BCUT2D eigenvalue weighted by molar-refractivity contribution is 6.30. The van der Waals surface area contributed by atoms with E-state index in [0.717, 1.165) is 54.0 Å². The summed E-state index contributed by atoms with van der Waals surface area (Å²) >= 11 is 6.07. The maximum Gasteiger partial charge on any atom is 0.228 e. The van der Waals surface area contributed by atoms with Crippen LogP contribution in [-0.2, 0) is 11.2 Å². The Hall–Kier alpha value is -2.83. The van der Waals surface area contributed by atoms with E-state index in [1.54, 1.807) is 0 Å². The third-order valence-electron chi connectivity index (χ3n) is 5.89. The van der Waals surface area contributed by atoms with E-state index in [1.165, 1.54) is 0 Å². The first-order chi connectivity index (χ1) is 15.0. The smallest absolute Gasteiger partial charge is 0.228 e. The van der Waals surface area contributed by atoms with Crippen LogP contribution in [0.2, 0.25) is 5.02 Å². The second-order valence-electron chi connectivity index (χ2n) is 8.26. The molecule has 0 unspecified atom stereocenters. The van der Waals surface area contributed by atoms with Crippen LogP contribution in [0.4, 0.5) is 11.4 Å². The summed E-state index contributed by atoms with van der Waals surface area (Å²) in [5.74, 6) is -0.0530. The summed E-state index contributed by atoms with van der Waals surface area (Å²) in [6.07, 6.45) is 6.17. The average molecular weight is 438 g/mol. The fourth-order valence-corrected chi connectivity index (χ4v) is 4.35. The first kappa shape index (κ1) is 21.4. The SMILES string of the molecule is CN(C)C1CCN(c2cc(-c3cn[nH]c3)ccc2NC(=O)Cc2cccc(Cl)c2)CC1. The number of carbonyl (C=O) groups excluding carboxylic acids is 1. The molecule has 2 heterocycles. The molecular formula is C24H28ClN5O. The van der Waals surface area contributed by atoms with E-state index < -0.39 is 0 Å². The highest BCUT2D eigenvalue weighted by atomic mass is 35.5. The number of aromatic nitrogens is 2. The van der Waals surface area contributed by atoms with E-state index in [1.807, 2.05) is 48.8 Å². The molecule has 1 aromatic heterocycles. The molecule has 1 aliphatic heterocycles. The van der Waals surface area contributed by atoms with Gasteiger partial charge in [-0.05, 0) is 62.3 Å². The predicted molar refractivity (Wildman–Crippen MR) is 127 cm³/mol. The molecule has 0 atom stereocenters. The Bertz CT molecular complexity index is 1030. The van der Waals surface area contributed by atoms with E-state index in [9.17, 15) is 4.79 Å². The second kappa shape index (κ2) is 9.54. The topological polar surface area (TPSA) is 64.3 Å². The van der Waals surface area contributed by atoms with E-state index in [2.05, 4.69) is 45.5 Å². The van der Waals surface area contributed by atoms with Gasteiger partial charge in [0, 0.05) is 35.9 Å². The Morgan fingerprint density at radius 2 is 2.00 bits per heavy atom. The molecule has 0 spiro atoms. The van der Waals surface area contributed by atoms with Crippen molar-refractivity contribution in [2.24, 2.45) is 0 Å². The van der Waals surface area contributed by atoms with Gasteiger partial charge in [-0.3, -0.25) is 9.89 Å². The standard InChI is InChI=1S/C24H28ClN5O/c1-29(2)21-8-10-30(11-9-21)23-14-18(19-15-26-27-16-19)6-7-22(23)28-24(31)13-17-4-3-5-20(25)12-17/h3-7,12,14-16,21H,8-11,13H2,1-2H3,(H,26,27)(H,28,31). The van der Waals surface area contributed by atoms with E-state index in [-0.39, 0.29) is 12.3 Å². The summed E-state index contributed by atoms with van der Waals surface area (Å²) in [6, 6.07) is 14.2. The molecule has 1 saturated heterocycles. The Labute approximate surface area is 188 Å². The molecule has 2 N–H and O–H groups in total. The first-order valence-corrected chi connectivity index (χ1v) is 11.0. The first-order valence-electron chi connectivity index (χ1n) is 10.6. The summed E-state index contributed by atoms with van der Waals surface area (Å²) in [4.78, 5) is 17.5. The van der Waals surface area contributed by atoms with Crippen molar-refractivity contribution < 1.29 is 4.79 Å². The van der Waals surface area contributed by atoms with Crippen molar-refractivity contribution in [3.63, 3.8) is 0 Å². The molecule has 3 aromatic rings. The van der Waals surface area contributed by atoms with Gasteiger partial charge in [0.1, 0.15) is 0 Å². The van der Waals surface area contributed by atoms with Gasteiger partial charge in [-0.15, -0.1) is 0 Å². The van der Waals surface area contributed by atoms with E-state index >= 15 is 0 Å². The zero-order valence-electron chi connectivity index (χ0n) is 17.9. The van der Waals surface area contributed by atoms with Gasteiger partial charge in [-0.2, -0.15) is 5.10 Å². The molecule has 0 aliphatic carbocycles. The van der Waals surface area contributed by atoms with Crippen LogP contribution in [0.5, 0.6) is 0 Å². The number of nitrogens with zero attached hydrogens (tertiary/aromatic N) is 3. The summed E-state index contributed by atoms with van der Waals surface area (Å²) in [5, 5.41) is 10.7. The number of H-pyrrole nitrogens is 1. The van der Waals surface area contributed by atoms with Crippen LogP contribution in [0.1, 0.15) is 18.4 Å².